The molecule has 0 aliphatic heterocycles. The van der Waals surface area contributed by atoms with Crippen molar-refractivity contribution in [3.8, 4) is 5.75 Å². The zero-order chi connectivity index (χ0) is 17.0. The molecule has 0 saturated heterocycles. The summed E-state index contributed by atoms with van der Waals surface area (Å²) < 4.78 is 42.7. The maximum atomic E-state index is 12.5. The summed E-state index contributed by atoms with van der Waals surface area (Å²) in [5.74, 6) is -0.0586. The first-order chi connectivity index (χ1) is 10.8. The Bertz CT molecular complexity index is 720. The van der Waals surface area contributed by atoms with E-state index in [2.05, 4.69) is 10.3 Å². The number of aromatic nitrogens is 1. The molecule has 1 N–H and O–H groups in total. The van der Waals surface area contributed by atoms with Gasteiger partial charge in [0.15, 0.2) is 0 Å². The number of methoxy groups -OCH3 is 1. The summed E-state index contributed by atoms with van der Waals surface area (Å²) >= 11 is 5.78. The lowest BCUT2D eigenvalue weighted by molar-refractivity contribution is -0.137. The third kappa shape index (κ3) is 4.13. The van der Waals surface area contributed by atoms with Crippen molar-refractivity contribution in [1.82, 2.24) is 10.3 Å². The zero-order valence-corrected chi connectivity index (χ0v) is 12.7. The standard InChI is InChI=1S/C15H12ClF3N2O2/c1-23-13-5-3-2-4-10(13)14(22)21-8-12-11(16)6-9(7-20-12)15(17,18)19/h2-7H,8H2,1H3,(H,21,22). The number of amides is 1. The smallest absolute Gasteiger partial charge is 0.417 e. The van der Waals surface area contributed by atoms with E-state index < -0.39 is 17.6 Å². The molecule has 0 fully saturated rings. The lowest BCUT2D eigenvalue weighted by Gasteiger charge is -2.11. The van der Waals surface area contributed by atoms with Crippen LogP contribution in [0.15, 0.2) is 36.5 Å². The summed E-state index contributed by atoms with van der Waals surface area (Å²) in [5.41, 5.74) is -0.497. The number of carbonyl (C=O) groups excluding carboxylic acids is 1. The predicted octanol–water partition coefficient (Wildman–Crippen LogP) is 3.69. The van der Waals surface area contributed by atoms with Crippen molar-refractivity contribution >= 4 is 17.5 Å². The minimum absolute atomic E-state index is 0.103. The number of halogens is 4. The molecule has 0 unspecified atom stereocenters. The number of para-hydroxylation sites is 1. The van der Waals surface area contributed by atoms with Crippen molar-refractivity contribution in [2.24, 2.45) is 0 Å². The first kappa shape index (κ1) is 17.1. The van der Waals surface area contributed by atoms with Gasteiger partial charge in [-0.1, -0.05) is 23.7 Å². The van der Waals surface area contributed by atoms with Crippen LogP contribution in [0.4, 0.5) is 13.2 Å². The van der Waals surface area contributed by atoms with Crippen LogP contribution in [-0.2, 0) is 12.7 Å². The SMILES string of the molecule is COc1ccccc1C(=O)NCc1ncc(C(F)(F)F)cc1Cl. The Balaban J connectivity index is 2.10. The van der Waals surface area contributed by atoms with Crippen molar-refractivity contribution in [2.75, 3.05) is 7.11 Å². The number of hydrogen-bond donors (Lipinski definition) is 1. The summed E-state index contributed by atoms with van der Waals surface area (Å²) in [4.78, 5) is 15.7. The van der Waals surface area contributed by atoms with Crippen LogP contribution in [-0.4, -0.2) is 18.0 Å². The van der Waals surface area contributed by atoms with Gasteiger partial charge in [-0.15, -0.1) is 0 Å². The molecule has 0 radical (unpaired) electrons. The van der Waals surface area contributed by atoms with Crippen LogP contribution in [0.3, 0.4) is 0 Å². The molecule has 8 heteroatoms. The fraction of sp³-hybridized carbons (Fsp3) is 0.200. The average molecular weight is 345 g/mol. The number of benzene rings is 1. The zero-order valence-electron chi connectivity index (χ0n) is 11.9. The van der Waals surface area contributed by atoms with Crippen LogP contribution < -0.4 is 10.1 Å². The van der Waals surface area contributed by atoms with E-state index in [0.29, 0.717) is 17.5 Å². The molecule has 1 aromatic carbocycles. The maximum Gasteiger partial charge on any atom is 0.417 e. The van der Waals surface area contributed by atoms with Crippen LogP contribution in [0.1, 0.15) is 21.6 Å². The Hall–Kier alpha value is -2.28. The molecule has 0 bridgehead atoms. The molecule has 4 nitrogen and oxygen atoms in total. The third-order valence-corrected chi connectivity index (χ3v) is 3.34. The molecule has 0 aliphatic carbocycles. The highest BCUT2D eigenvalue weighted by Gasteiger charge is 2.31. The van der Waals surface area contributed by atoms with E-state index in [4.69, 9.17) is 16.3 Å². The Labute approximate surface area is 135 Å². The molecular formula is C15H12ClF3N2O2. The first-order valence-electron chi connectivity index (χ1n) is 6.45. The Morgan fingerprint density at radius 3 is 2.65 bits per heavy atom. The molecule has 0 spiro atoms. The summed E-state index contributed by atoms with van der Waals surface area (Å²) in [6.45, 7) is -0.103. The lowest BCUT2D eigenvalue weighted by Crippen LogP contribution is -2.24. The van der Waals surface area contributed by atoms with Crippen molar-refractivity contribution in [2.45, 2.75) is 12.7 Å². The van der Waals surface area contributed by atoms with E-state index in [1.165, 1.54) is 7.11 Å². The Morgan fingerprint density at radius 2 is 2.04 bits per heavy atom. The van der Waals surface area contributed by atoms with Gasteiger partial charge in [0.05, 0.1) is 35.5 Å². The van der Waals surface area contributed by atoms with Crippen LogP contribution in [0, 0.1) is 0 Å². The number of ether oxygens (including phenoxy) is 1. The van der Waals surface area contributed by atoms with Gasteiger partial charge in [-0.25, -0.2) is 0 Å². The molecule has 122 valence electrons. The van der Waals surface area contributed by atoms with Gasteiger partial charge in [0.1, 0.15) is 5.75 Å². The summed E-state index contributed by atoms with van der Waals surface area (Å²) in [6, 6.07) is 7.35. The number of nitrogens with zero attached hydrogens (tertiary/aromatic N) is 1. The number of pyridine rings is 1. The minimum atomic E-state index is -4.52. The largest absolute Gasteiger partial charge is 0.496 e. The normalized spacial score (nSPS) is 11.2. The van der Waals surface area contributed by atoms with Crippen molar-refractivity contribution < 1.29 is 22.7 Å². The van der Waals surface area contributed by atoms with E-state index in [0.717, 1.165) is 6.07 Å². The van der Waals surface area contributed by atoms with Crippen molar-refractivity contribution in [3.05, 3.63) is 58.4 Å². The van der Waals surface area contributed by atoms with E-state index in [1.54, 1.807) is 24.3 Å². The third-order valence-electron chi connectivity index (χ3n) is 3.01. The van der Waals surface area contributed by atoms with Gasteiger partial charge in [-0.3, -0.25) is 9.78 Å². The fourth-order valence-electron chi connectivity index (χ4n) is 1.84. The Morgan fingerprint density at radius 1 is 1.35 bits per heavy atom. The minimum Gasteiger partial charge on any atom is -0.496 e. The molecular weight excluding hydrogens is 333 g/mol. The molecule has 1 heterocycles. The summed E-state index contributed by atoms with van der Waals surface area (Å²) in [7, 11) is 1.43. The van der Waals surface area contributed by atoms with Gasteiger partial charge >= 0.3 is 6.18 Å². The number of alkyl halides is 3. The quantitative estimate of drug-likeness (QED) is 0.920. The first-order valence-corrected chi connectivity index (χ1v) is 6.83. The van der Waals surface area contributed by atoms with Gasteiger partial charge in [0.2, 0.25) is 0 Å². The molecule has 0 atom stereocenters. The van der Waals surface area contributed by atoms with Gasteiger partial charge in [0, 0.05) is 6.20 Å². The molecule has 23 heavy (non-hydrogen) atoms. The predicted molar refractivity (Wildman–Crippen MR) is 78.4 cm³/mol. The monoisotopic (exact) mass is 344 g/mol. The molecule has 0 saturated carbocycles. The van der Waals surface area contributed by atoms with E-state index >= 15 is 0 Å². The number of nitrogens with one attached hydrogen (secondary N) is 1. The number of hydrogen-bond acceptors (Lipinski definition) is 3. The molecule has 0 aliphatic rings. The molecule has 2 rings (SSSR count). The van der Waals surface area contributed by atoms with Crippen LogP contribution in [0.5, 0.6) is 5.75 Å². The summed E-state index contributed by atoms with van der Waals surface area (Å²) in [5, 5.41) is 2.38. The second-order valence-electron chi connectivity index (χ2n) is 4.53. The van der Waals surface area contributed by atoms with Gasteiger partial charge in [-0.2, -0.15) is 13.2 Å². The highest BCUT2D eigenvalue weighted by atomic mass is 35.5. The lowest BCUT2D eigenvalue weighted by atomic mass is 10.2. The number of carbonyl (C=O) groups is 1. The van der Waals surface area contributed by atoms with E-state index in [9.17, 15) is 18.0 Å². The van der Waals surface area contributed by atoms with Crippen LogP contribution >= 0.6 is 11.6 Å². The maximum absolute atomic E-state index is 12.5. The van der Waals surface area contributed by atoms with Gasteiger partial charge in [0.25, 0.3) is 5.91 Å². The second-order valence-corrected chi connectivity index (χ2v) is 4.94. The fourth-order valence-corrected chi connectivity index (χ4v) is 2.08. The topological polar surface area (TPSA) is 51.2 Å². The van der Waals surface area contributed by atoms with E-state index in [1.807, 2.05) is 0 Å². The average Bonchev–Trinajstić information content (AvgIpc) is 2.52. The second kappa shape index (κ2) is 6.87. The molecule has 2 aromatic rings. The highest BCUT2D eigenvalue weighted by Crippen LogP contribution is 2.31. The van der Waals surface area contributed by atoms with Crippen molar-refractivity contribution in [3.63, 3.8) is 0 Å². The molecule has 1 amide bonds. The molecule has 1 aromatic heterocycles. The number of rotatable bonds is 4. The van der Waals surface area contributed by atoms with Gasteiger partial charge < -0.3 is 10.1 Å². The van der Waals surface area contributed by atoms with Gasteiger partial charge in [-0.05, 0) is 18.2 Å². The van der Waals surface area contributed by atoms with Crippen LogP contribution in [0.2, 0.25) is 5.02 Å². The highest BCUT2D eigenvalue weighted by molar-refractivity contribution is 6.31. The summed E-state index contributed by atoms with van der Waals surface area (Å²) in [6.07, 6.45) is -3.84. The van der Waals surface area contributed by atoms with E-state index in [-0.39, 0.29) is 17.3 Å². The van der Waals surface area contributed by atoms with Crippen molar-refractivity contribution in [1.29, 1.82) is 0 Å². The Kier molecular flexibility index (Phi) is 5.10. The van der Waals surface area contributed by atoms with Crippen LogP contribution in [0.25, 0.3) is 0 Å².